The van der Waals surface area contributed by atoms with Crippen molar-refractivity contribution in [3.63, 3.8) is 0 Å². The highest BCUT2D eigenvalue weighted by Gasteiger charge is 2.26. The van der Waals surface area contributed by atoms with E-state index in [0.717, 1.165) is 5.56 Å². The lowest BCUT2D eigenvalue weighted by Crippen LogP contribution is -2.40. The minimum absolute atomic E-state index is 0.246. The third-order valence-corrected chi connectivity index (χ3v) is 6.23. The standard InChI is InChI=1S/C29H39NO4/c1-21(30-28(32)34-29(2,3)4)19-25(27(31)33-26-13-9-6-10-14-26)20-22-15-17-24(18-16-22)23-11-7-5-8-12-23/h6,9-10,13-18,21,23,25H,5,7-8,11-12,19-20H2,1-4H3,(H,30,32). The van der Waals surface area contributed by atoms with Crippen molar-refractivity contribution in [3.8, 4) is 5.75 Å². The van der Waals surface area contributed by atoms with Crippen LogP contribution in [0.3, 0.4) is 0 Å². The first kappa shape index (κ1) is 25.8. The zero-order chi connectivity index (χ0) is 24.6. The second-order valence-electron chi connectivity index (χ2n) is 10.5. The molecule has 34 heavy (non-hydrogen) atoms. The van der Waals surface area contributed by atoms with Crippen LogP contribution in [0.25, 0.3) is 0 Å². The van der Waals surface area contributed by atoms with E-state index in [1.54, 1.807) is 12.1 Å². The van der Waals surface area contributed by atoms with E-state index >= 15 is 0 Å². The molecule has 2 aromatic rings. The average Bonchev–Trinajstić information content (AvgIpc) is 2.79. The Labute approximate surface area is 204 Å². The van der Waals surface area contributed by atoms with Crippen LogP contribution in [-0.2, 0) is 16.0 Å². The molecule has 1 saturated carbocycles. The minimum Gasteiger partial charge on any atom is -0.444 e. The minimum atomic E-state index is -0.574. The van der Waals surface area contributed by atoms with Crippen LogP contribution in [0.1, 0.15) is 83.3 Å². The predicted octanol–water partition coefficient (Wildman–Crippen LogP) is 6.80. The molecule has 0 spiro atoms. The van der Waals surface area contributed by atoms with Crippen molar-refractivity contribution in [2.24, 2.45) is 5.92 Å². The average molecular weight is 466 g/mol. The molecule has 2 atom stereocenters. The van der Waals surface area contributed by atoms with Crippen molar-refractivity contribution in [2.75, 3.05) is 0 Å². The quantitative estimate of drug-likeness (QED) is 0.344. The number of ether oxygens (including phenoxy) is 2. The van der Waals surface area contributed by atoms with Gasteiger partial charge in [0.05, 0.1) is 5.92 Å². The molecule has 0 bridgehead atoms. The van der Waals surface area contributed by atoms with Gasteiger partial charge in [-0.2, -0.15) is 0 Å². The Morgan fingerprint density at radius 3 is 2.24 bits per heavy atom. The first-order valence-electron chi connectivity index (χ1n) is 12.5. The van der Waals surface area contributed by atoms with E-state index in [4.69, 9.17) is 9.47 Å². The number of esters is 1. The monoisotopic (exact) mass is 465 g/mol. The molecule has 0 aromatic heterocycles. The molecule has 3 rings (SSSR count). The topological polar surface area (TPSA) is 64.6 Å². The van der Waals surface area contributed by atoms with Crippen LogP contribution in [0.5, 0.6) is 5.75 Å². The first-order valence-corrected chi connectivity index (χ1v) is 12.5. The lowest BCUT2D eigenvalue weighted by atomic mass is 9.83. The molecule has 1 aliphatic carbocycles. The molecule has 5 heteroatoms. The molecule has 0 saturated heterocycles. The number of para-hydroxylation sites is 1. The fraction of sp³-hybridized carbons (Fsp3) is 0.517. The van der Waals surface area contributed by atoms with Crippen LogP contribution in [0.2, 0.25) is 0 Å². The van der Waals surface area contributed by atoms with E-state index in [9.17, 15) is 9.59 Å². The number of hydrogen-bond donors (Lipinski definition) is 1. The molecule has 0 aliphatic heterocycles. The Bertz CT molecular complexity index is 911. The van der Waals surface area contributed by atoms with Gasteiger partial charge in [-0.05, 0) is 82.6 Å². The van der Waals surface area contributed by atoms with E-state index < -0.39 is 17.6 Å². The van der Waals surface area contributed by atoms with Crippen LogP contribution >= 0.6 is 0 Å². The van der Waals surface area contributed by atoms with Gasteiger partial charge in [-0.3, -0.25) is 4.79 Å². The molecule has 1 aliphatic rings. The summed E-state index contributed by atoms with van der Waals surface area (Å²) >= 11 is 0. The summed E-state index contributed by atoms with van der Waals surface area (Å²) in [6.45, 7) is 7.37. The number of benzene rings is 2. The Morgan fingerprint density at radius 1 is 0.971 bits per heavy atom. The van der Waals surface area contributed by atoms with Crippen molar-refractivity contribution in [1.82, 2.24) is 5.32 Å². The maximum atomic E-state index is 13.1. The van der Waals surface area contributed by atoms with Crippen LogP contribution in [0.15, 0.2) is 54.6 Å². The molecule has 184 valence electrons. The Morgan fingerprint density at radius 2 is 1.62 bits per heavy atom. The summed E-state index contributed by atoms with van der Waals surface area (Å²) in [5, 5.41) is 2.85. The Balaban J connectivity index is 1.67. The molecule has 2 aromatic carbocycles. The number of amides is 1. The van der Waals surface area contributed by atoms with Crippen molar-refractivity contribution in [1.29, 1.82) is 0 Å². The summed E-state index contributed by atoms with van der Waals surface area (Å²) in [6.07, 6.45) is 7.01. The normalized spacial score (nSPS) is 16.4. The largest absolute Gasteiger partial charge is 0.444 e. The van der Waals surface area contributed by atoms with Gasteiger partial charge in [-0.1, -0.05) is 61.7 Å². The third kappa shape index (κ3) is 8.51. The molecular weight excluding hydrogens is 426 g/mol. The van der Waals surface area contributed by atoms with E-state index in [2.05, 4.69) is 29.6 Å². The van der Waals surface area contributed by atoms with Crippen LogP contribution in [-0.4, -0.2) is 23.7 Å². The number of hydrogen-bond acceptors (Lipinski definition) is 4. The molecular formula is C29H39NO4. The zero-order valence-corrected chi connectivity index (χ0v) is 21.0. The highest BCUT2D eigenvalue weighted by atomic mass is 16.6. The lowest BCUT2D eigenvalue weighted by molar-refractivity contribution is -0.139. The van der Waals surface area contributed by atoms with Gasteiger partial charge in [0.25, 0.3) is 0 Å². The number of carbonyl (C=O) groups is 2. The second-order valence-corrected chi connectivity index (χ2v) is 10.5. The van der Waals surface area contributed by atoms with E-state index in [0.29, 0.717) is 24.5 Å². The van der Waals surface area contributed by atoms with Crippen molar-refractivity contribution < 1.29 is 19.1 Å². The summed E-state index contributed by atoms with van der Waals surface area (Å²) in [5.41, 5.74) is 1.92. The van der Waals surface area contributed by atoms with Crippen LogP contribution < -0.4 is 10.1 Å². The molecule has 2 unspecified atom stereocenters. The zero-order valence-electron chi connectivity index (χ0n) is 21.0. The molecule has 0 radical (unpaired) electrons. The summed E-state index contributed by atoms with van der Waals surface area (Å²) in [5.74, 6) is 0.490. The smallest absolute Gasteiger partial charge is 0.407 e. The van der Waals surface area contributed by atoms with Gasteiger partial charge in [-0.15, -0.1) is 0 Å². The van der Waals surface area contributed by atoms with Gasteiger partial charge >= 0.3 is 12.1 Å². The van der Waals surface area contributed by atoms with Crippen LogP contribution in [0, 0.1) is 5.92 Å². The number of rotatable bonds is 8. The van der Waals surface area contributed by atoms with Crippen molar-refractivity contribution >= 4 is 12.1 Å². The van der Waals surface area contributed by atoms with Crippen LogP contribution in [0.4, 0.5) is 4.79 Å². The molecule has 1 fully saturated rings. The highest BCUT2D eigenvalue weighted by Crippen LogP contribution is 2.33. The molecule has 5 nitrogen and oxygen atoms in total. The summed E-state index contributed by atoms with van der Waals surface area (Å²) in [4.78, 5) is 25.3. The van der Waals surface area contributed by atoms with E-state index in [1.165, 1.54) is 37.7 Å². The Kier molecular flexibility index (Phi) is 9.14. The van der Waals surface area contributed by atoms with Crippen molar-refractivity contribution in [3.05, 3.63) is 65.7 Å². The third-order valence-electron chi connectivity index (χ3n) is 6.23. The highest BCUT2D eigenvalue weighted by molar-refractivity contribution is 5.75. The van der Waals surface area contributed by atoms with Gasteiger partial charge in [0, 0.05) is 6.04 Å². The Hall–Kier alpha value is -2.82. The summed E-state index contributed by atoms with van der Waals surface area (Å²) in [6, 6.07) is 17.6. The fourth-order valence-corrected chi connectivity index (χ4v) is 4.59. The SMILES string of the molecule is CC(CC(Cc1ccc(C2CCCCC2)cc1)C(=O)Oc1ccccc1)NC(=O)OC(C)(C)C. The molecule has 0 heterocycles. The summed E-state index contributed by atoms with van der Waals surface area (Å²) < 4.78 is 11.0. The number of nitrogens with one attached hydrogen (secondary N) is 1. The van der Waals surface area contributed by atoms with Gasteiger partial charge in [0.15, 0.2) is 0 Å². The maximum Gasteiger partial charge on any atom is 0.407 e. The predicted molar refractivity (Wildman–Crippen MR) is 135 cm³/mol. The van der Waals surface area contributed by atoms with Crippen molar-refractivity contribution in [2.45, 2.75) is 90.2 Å². The molecule has 1 amide bonds. The maximum absolute atomic E-state index is 13.1. The first-order chi connectivity index (χ1) is 16.2. The van der Waals surface area contributed by atoms with E-state index in [1.807, 2.05) is 45.9 Å². The fourth-order valence-electron chi connectivity index (χ4n) is 4.59. The van der Waals surface area contributed by atoms with Gasteiger partial charge in [0.2, 0.25) is 0 Å². The number of alkyl carbamates (subject to hydrolysis) is 1. The lowest BCUT2D eigenvalue weighted by Gasteiger charge is -2.24. The van der Waals surface area contributed by atoms with Gasteiger partial charge in [-0.25, -0.2) is 4.79 Å². The van der Waals surface area contributed by atoms with Gasteiger partial charge < -0.3 is 14.8 Å². The molecule has 1 N–H and O–H groups in total. The van der Waals surface area contributed by atoms with Gasteiger partial charge in [0.1, 0.15) is 11.4 Å². The summed E-state index contributed by atoms with van der Waals surface area (Å²) in [7, 11) is 0. The second kappa shape index (κ2) is 12.0. The van der Waals surface area contributed by atoms with E-state index in [-0.39, 0.29) is 12.0 Å². The number of carbonyl (C=O) groups excluding carboxylic acids is 2.